The van der Waals surface area contributed by atoms with Crippen molar-refractivity contribution < 1.29 is 9.53 Å². The van der Waals surface area contributed by atoms with Crippen LogP contribution in [0.2, 0.25) is 0 Å². The van der Waals surface area contributed by atoms with Crippen LogP contribution in [0.25, 0.3) is 0 Å². The van der Waals surface area contributed by atoms with E-state index in [4.69, 9.17) is 4.74 Å². The van der Waals surface area contributed by atoms with Crippen molar-refractivity contribution in [3.05, 3.63) is 12.7 Å². The second kappa shape index (κ2) is 5.60. The second-order valence-electron chi connectivity index (χ2n) is 2.65. The topological polar surface area (TPSA) is 26.3 Å². The van der Waals surface area contributed by atoms with Crippen LogP contribution >= 0.6 is 11.8 Å². The van der Waals surface area contributed by atoms with E-state index < -0.39 is 0 Å². The molecule has 0 N–H and O–H groups in total. The molecule has 0 bridgehead atoms. The fraction of sp³-hybridized carbons (Fsp3) is 0.667. The number of carbonyl (C=O) groups is 1. The van der Waals surface area contributed by atoms with Crippen molar-refractivity contribution in [3.63, 3.8) is 0 Å². The SMILES string of the molecule is C=CC[S+]1CCSC1C(=O)OCC. The number of rotatable bonds is 4. The van der Waals surface area contributed by atoms with E-state index in [0.717, 1.165) is 17.3 Å². The zero-order valence-corrected chi connectivity index (χ0v) is 9.46. The fourth-order valence-corrected chi connectivity index (χ4v) is 5.64. The molecule has 0 aromatic heterocycles. The van der Waals surface area contributed by atoms with E-state index in [0.29, 0.717) is 6.61 Å². The van der Waals surface area contributed by atoms with Crippen LogP contribution < -0.4 is 0 Å². The third-order valence-electron chi connectivity index (χ3n) is 1.73. The van der Waals surface area contributed by atoms with Gasteiger partial charge in [-0.25, -0.2) is 4.79 Å². The van der Waals surface area contributed by atoms with Gasteiger partial charge in [-0.05, 0) is 13.0 Å². The Kier molecular flexibility index (Phi) is 4.73. The van der Waals surface area contributed by atoms with Crippen molar-refractivity contribution >= 4 is 28.6 Å². The molecule has 0 aromatic rings. The molecule has 1 saturated heterocycles. The number of hydrogen-bond donors (Lipinski definition) is 0. The van der Waals surface area contributed by atoms with Crippen molar-refractivity contribution in [2.75, 3.05) is 23.9 Å². The van der Waals surface area contributed by atoms with Crippen LogP contribution in [0, 0.1) is 0 Å². The van der Waals surface area contributed by atoms with Gasteiger partial charge in [0.05, 0.1) is 6.61 Å². The van der Waals surface area contributed by atoms with Crippen LogP contribution in [-0.2, 0) is 20.4 Å². The Hall–Kier alpha value is -0.0900. The molecule has 1 heterocycles. The van der Waals surface area contributed by atoms with Crippen molar-refractivity contribution in [2.45, 2.75) is 11.5 Å². The van der Waals surface area contributed by atoms with Crippen molar-refractivity contribution in [3.8, 4) is 0 Å². The number of thioether (sulfide) groups is 1. The zero-order valence-electron chi connectivity index (χ0n) is 7.82. The van der Waals surface area contributed by atoms with Gasteiger partial charge in [-0.15, -0.1) is 0 Å². The molecule has 2 atom stereocenters. The molecular formula is C9H15O2S2+. The first-order valence-corrected chi connectivity index (χ1v) is 7.02. The van der Waals surface area contributed by atoms with E-state index in [1.54, 1.807) is 11.8 Å². The molecule has 0 radical (unpaired) electrons. The molecule has 2 nitrogen and oxygen atoms in total. The van der Waals surface area contributed by atoms with Crippen LogP contribution in [0.1, 0.15) is 6.92 Å². The molecule has 1 aliphatic rings. The third kappa shape index (κ3) is 2.95. The minimum Gasteiger partial charge on any atom is -0.462 e. The summed E-state index contributed by atoms with van der Waals surface area (Å²) in [5.41, 5.74) is 0. The number of esters is 1. The summed E-state index contributed by atoms with van der Waals surface area (Å²) in [6, 6.07) is 0. The predicted octanol–water partition coefficient (Wildman–Crippen LogP) is 1.43. The lowest BCUT2D eigenvalue weighted by Crippen LogP contribution is -2.28. The lowest BCUT2D eigenvalue weighted by molar-refractivity contribution is -0.140. The van der Waals surface area contributed by atoms with Crippen molar-refractivity contribution in [1.82, 2.24) is 0 Å². The summed E-state index contributed by atoms with van der Waals surface area (Å²) in [4.78, 5) is 11.5. The van der Waals surface area contributed by atoms with Gasteiger partial charge in [0.1, 0.15) is 11.5 Å². The first-order chi connectivity index (χ1) is 6.29. The van der Waals surface area contributed by atoms with Crippen LogP contribution in [0.15, 0.2) is 12.7 Å². The monoisotopic (exact) mass is 219 g/mol. The summed E-state index contributed by atoms with van der Waals surface area (Å²) in [6.07, 6.45) is 1.90. The zero-order chi connectivity index (χ0) is 9.68. The van der Waals surface area contributed by atoms with Gasteiger partial charge in [0.2, 0.25) is 0 Å². The highest BCUT2D eigenvalue weighted by molar-refractivity contribution is 8.19. The molecule has 4 heteroatoms. The minimum atomic E-state index is -0.0322. The van der Waals surface area contributed by atoms with Crippen LogP contribution in [-0.4, -0.2) is 34.4 Å². The average molecular weight is 219 g/mol. The number of ether oxygens (including phenoxy) is 1. The highest BCUT2D eigenvalue weighted by Crippen LogP contribution is 2.29. The minimum absolute atomic E-state index is 0.0322. The van der Waals surface area contributed by atoms with E-state index in [2.05, 4.69) is 6.58 Å². The van der Waals surface area contributed by atoms with E-state index >= 15 is 0 Å². The largest absolute Gasteiger partial charge is 0.462 e. The molecule has 0 aliphatic carbocycles. The highest BCUT2D eigenvalue weighted by Gasteiger charge is 2.42. The molecule has 1 rings (SSSR count). The average Bonchev–Trinajstić information content (AvgIpc) is 2.54. The molecule has 0 spiro atoms. The lowest BCUT2D eigenvalue weighted by atomic mass is 10.7. The predicted molar refractivity (Wildman–Crippen MR) is 60.2 cm³/mol. The molecule has 1 fully saturated rings. The summed E-state index contributed by atoms with van der Waals surface area (Å²) < 4.78 is 5.10. The van der Waals surface area contributed by atoms with E-state index in [1.807, 2.05) is 13.0 Å². The van der Waals surface area contributed by atoms with Crippen LogP contribution in [0.4, 0.5) is 0 Å². The van der Waals surface area contributed by atoms with Gasteiger partial charge in [-0.2, -0.15) is 0 Å². The smallest absolute Gasteiger partial charge is 0.370 e. The quantitative estimate of drug-likeness (QED) is 0.406. The molecule has 74 valence electrons. The molecular weight excluding hydrogens is 204 g/mol. The Morgan fingerprint density at radius 1 is 1.85 bits per heavy atom. The Morgan fingerprint density at radius 3 is 3.23 bits per heavy atom. The Morgan fingerprint density at radius 2 is 2.62 bits per heavy atom. The molecule has 0 saturated carbocycles. The Balaban J connectivity index is 2.46. The second-order valence-corrected chi connectivity index (χ2v) is 6.45. The first kappa shape index (κ1) is 11.0. The normalized spacial score (nSPS) is 27.2. The summed E-state index contributed by atoms with van der Waals surface area (Å²) in [5, 5.41) is 0. The van der Waals surface area contributed by atoms with Gasteiger partial charge in [0.15, 0.2) is 0 Å². The van der Waals surface area contributed by atoms with E-state index in [9.17, 15) is 4.79 Å². The highest BCUT2D eigenvalue weighted by atomic mass is 32.2. The maximum Gasteiger partial charge on any atom is 0.370 e. The van der Waals surface area contributed by atoms with Gasteiger partial charge >= 0.3 is 5.97 Å². The maximum atomic E-state index is 11.5. The van der Waals surface area contributed by atoms with E-state index in [1.165, 1.54) is 0 Å². The Bertz CT molecular complexity index is 194. The molecule has 0 aromatic carbocycles. The number of carbonyl (C=O) groups excluding carboxylic acids is 1. The molecule has 2 unspecified atom stereocenters. The first-order valence-electron chi connectivity index (χ1n) is 4.35. The van der Waals surface area contributed by atoms with Gasteiger partial charge in [0.25, 0.3) is 4.58 Å². The molecule has 1 aliphatic heterocycles. The van der Waals surface area contributed by atoms with E-state index in [-0.39, 0.29) is 21.4 Å². The third-order valence-corrected chi connectivity index (χ3v) is 6.34. The van der Waals surface area contributed by atoms with Gasteiger partial charge in [0, 0.05) is 16.6 Å². The van der Waals surface area contributed by atoms with Crippen LogP contribution in [0.3, 0.4) is 0 Å². The maximum absolute atomic E-state index is 11.5. The number of hydrogen-bond acceptors (Lipinski definition) is 3. The summed E-state index contributed by atoms with van der Waals surface area (Å²) in [5.74, 6) is 3.15. The van der Waals surface area contributed by atoms with Crippen LogP contribution in [0.5, 0.6) is 0 Å². The van der Waals surface area contributed by atoms with Gasteiger partial charge in [-0.3, -0.25) is 0 Å². The fourth-order valence-electron chi connectivity index (χ4n) is 1.20. The summed E-state index contributed by atoms with van der Waals surface area (Å²) in [6.45, 7) is 6.05. The standard InChI is InChI=1S/C9H15O2S2/c1-3-6-13-7-5-12-9(13)8(10)11-4-2/h3,9H,1,4-7H2,2H3/q+1. The molecule has 0 amide bonds. The summed E-state index contributed by atoms with van der Waals surface area (Å²) in [7, 11) is 0.174. The summed E-state index contributed by atoms with van der Waals surface area (Å²) >= 11 is 1.73. The molecule has 13 heavy (non-hydrogen) atoms. The van der Waals surface area contributed by atoms with Gasteiger partial charge < -0.3 is 4.74 Å². The Labute approximate surface area is 86.5 Å². The lowest BCUT2D eigenvalue weighted by Gasteiger charge is -2.07. The van der Waals surface area contributed by atoms with Crippen molar-refractivity contribution in [1.29, 1.82) is 0 Å². The van der Waals surface area contributed by atoms with Gasteiger partial charge in [-0.1, -0.05) is 18.3 Å². The van der Waals surface area contributed by atoms with Crippen molar-refractivity contribution in [2.24, 2.45) is 0 Å².